The lowest BCUT2D eigenvalue weighted by Gasteiger charge is -2.28. The van der Waals surface area contributed by atoms with E-state index in [9.17, 15) is 9.59 Å². The summed E-state index contributed by atoms with van der Waals surface area (Å²) >= 11 is 0. The third kappa shape index (κ3) is 4.34. The van der Waals surface area contributed by atoms with Crippen molar-refractivity contribution in [3.63, 3.8) is 0 Å². The molecule has 3 rings (SSSR count). The monoisotopic (exact) mass is 375 g/mol. The van der Waals surface area contributed by atoms with Crippen molar-refractivity contribution in [1.29, 1.82) is 0 Å². The van der Waals surface area contributed by atoms with Gasteiger partial charge in [-0.2, -0.15) is 0 Å². The van der Waals surface area contributed by atoms with Gasteiger partial charge in [0.05, 0.1) is 12.9 Å². The SMILES string of the molecule is CCCN(CCC)C(=O)CN1[C@@H]2CC[C@H]1[C@H](NC(=O)c1cn(CC)cn1)C2. The number of rotatable bonds is 9. The minimum atomic E-state index is -0.107. The third-order valence-corrected chi connectivity index (χ3v) is 5.89. The summed E-state index contributed by atoms with van der Waals surface area (Å²) in [5.41, 5.74) is 0.472. The molecular weight excluding hydrogens is 342 g/mol. The third-order valence-electron chi connectivity index (χ3n) is 5.89. The van der Waals surface area contributed by atoms with Crippen molar-refractivity contribution in [3.8, 4) is 0 Å². The van der Waals surface area contributed by atoms with Crippen LogP contribution < -0.4 is 5.32 Å². The molecule has 2 saturated heterocycles. The molecule has 0 unspecified atom stereocenters. The Kier molecular flexibility index (Phi) is 6.52. The zero-order valence-electron chi connectivity index (χ0n) is 16.9. The number of imidazole rings is 1. The highest BCUT2D eigenvalue weighted by Gasteiger charge is 2.47. The van der Waals surface area contributed by atoms with E-state index in [0.29, 0.717) is 18.3 Å². The Morgan fingerprint density at radius 1 is 1.22 bits per heavy atom. The van der Waals surface area contributed by atoms with Gasteiger partial charge in [0, 0.05) is 44.0 Å². The van der Waals surface area contributed by atoms with Crippen LogP contribution in [0.15, 0.2) is 12.5 Å². The van der Waals surface area contributed by atoms with Crippen LogP contribution in [-0.2, 0) is 11.3 Å². The van der Waals surface area contributed by atoms with Gasteiger partial charge in [0.2, 0.25) is 5.91 Å². The number of amides is 2. The number of hydrogen-bond acceptors (Lipinski definition) is 4. The van der Waals surface area contributed by atoms with Gasteiger partial charge >= 0.3 is 0 Å². The molecule has 7 heteroatoms. The van der Waals surface area contributed by atoms with Crippen LogP contribution in [0.4, 0.5) is 0 Å². The average Bonchev–Trinajstić information content (AvgIpc) is 3.36. The molecule has 2 amide bonds. The molecule has 7 nitrogen and oxygen atoms in total. The van der Waals surface area contributed by atoms with Crippen molar-refractivity contribution in [2.75, 3.05) is 19.6 Å². The molecule has 150 valence electrons. The van der Waals surface area contributed by atoms with E-state index in [2.05, 4.69) is 29.0 Å². The van der Waals surface area contributed by atoms with E-state index in [1.165, 1.54) is 0 Å². The van der Waals surface area contributed by atoms with E-state index < -0.39 is 0 Å². The standard InChI is InChI=1S/C20H33N5O2/c1-4-9-24(10-5-2)19(26)13-25-15-7-8-18(25)16(11-15)22-20(27)17-12-23(6-3)14-21-17/h12,14-16,18H,4-11,13H2,1-3H3,(H,22,27)/t15-,16-,18+/m1/s1. The first-order valence-electron chi connectivity index (χ1n) is 10.4. The molecule has 1 N–H and O–H groups in total. The van der Waals surface area contributed by atoms with Gasteiger partial charge in [0.15, 0.2) is 0 Å². The van der Waals surface area contributed by atoms with E-state index in [4.69, 9.17) is 0 Å². The quantitative estimate of drug-likeness (QED) is 0.715. The molecule has 1 aromatic heterocycles. The van der Waals surface area contributed by atoms with Crippen LogP contribution in [0.5, 0.6) is 0 Å². The molecule has 0 spiro atoms. The molecule has 2 aliphatic rings. The van der Waals surface area contributed by atoms with Crippen molar-refractivity contribution in [1.82, 2.24) is 24.7 Å². The number of nitrogens with zero attached hydrogens (tertiary/aromatic N) is 4. The molecule has 1 aromatic rings. The molecule has 3 atom stereocenters. The van der Waals surface area contributed by atoms with Crippen molar-refractivity contribution in [2.24, 2.45) is 0 Å². The van der Waals surface area contributed by atoms with Crippen molar-refractivity contribution in [2.45, 2.75) is 77.5 Å². The van der Waals surface area contributed by atoms with Crippen LogP contribution in [0.25, 0.3) is 0 Å². The van der Waals surface area contributed by atoms with Crippen LogP contribution in [0, 0.1) is 0 Å². The summed E-state index contributed by atoms with van der Waals surface area (Å²) in [6.07, 6.45) is 8.56. The van der Waals surface area contributed by atoms with Gasteiger partial charge in [-0.25, -0.2) is 4.98 Å². The minimum absolute atomic E-state index is 0.107. The number of carbonyl (C=O) groups excluding carboxylic acids is 2. The highest BCUT2D eigenvalue weighted by molar-refractivity contribution is 5.92. The number of carbonyl (C=O) groups is 2. The summed E-state index contributed by atoms with van der Waals surface area (Å²) in [6.45, 7) is 9.19. The predicted octanol–water partition coefficient (Wildman–Crippen LogP) is 1.89. The molecule has 3 heterocycles. The summed E-state index contributed by atoms with van der Waals surface area (Å²) in [4.78, 5) is 33.8. The lowest BCUT2D eigenvalue weighted by Crippen LogP contribution is -2.47. The second-order valence-electron chi connectivity index (χ2n) is 7.76. The Labute approximate surface area is 162 Å². The fourth-order valence-electron chi connectivity index (χ4n) is 4.55. The van der Waals surface area contributed by atoms with Crippen LogP contribution in [0.2, 0.25) is 0 Å². The highest BCUT2D eigenvalue weighted by Crippen LogP contribution is 2.37. The van der Waals surface area contributed by atoms with Gasteiger partial charge in [-0.3, -0.25) is 14.5 Å². The summed E-state index contributed by atoms with van der Waals surface area (Å²) in [6, 6.07) is 0.783. The molecule has 2 fully saturated rings. The number of nitrogens with one attached hydrogen (secondary N) is 1. The van der Waals surface area contributed by atoms with Gasteiger partial charge in [0.1, 0.15) is 5.69 Å². The van der Waals surface area contributed by atoms with Crippen molar-refractivity contribution in [3.05, 3.63) is 18.2 Å². The maximum absolute atomic E-state index is 12.8. The Morgan fingerprint density at radius 3 is 2.59 bits per heavy atom. The first kappa shape index (κ1) is 19.9. The first-order chi connectivity index (χ1) is 13.1. The molecule has 27 heavy (non-hydrogen) atoms. The van der Waals surface area contributed by atoms with E-state index >= 15 is 0 Å². The molecule has 2 bridgehead atoms. The average molecular weight is 376 g/mol. The molecule has 0 radical (unpaired) electrons. The maximum Gasteiger partial charge on any atom is 0.271 e. The molecule has 2 aliphatic heterocycles. The maximum atomic E-state index is 12.8. The van der Waals surface area contributed by atoms with E-state index in [1.807, 2.05) is 16.4 Å². The first-order valence-corrected chi connectivity index (χ1v) is 10.4. The van der Waals surface area contributed by atoms with Crippen molar-refractivity contribution < 1.29 is 9.59 Å². The van der Waals surface area contributed by atoms with Crippen LogP contribution >= 0.6 is 0 Å². The largest absolute Gasteiger partial charge is 0.346 e. The van der Waals surface area contributed by atoms with Crippen LogP contribution in [-0.4, -0.2) is 68.9 Å². The summed E-state index contributed by atoms with van der Waals surface area (Å²) in [5.74, 6) is 0.119. The highest BCUT2D eigenvalue weighted by atomic mass is 16.2. The number of aryl methyl sites for hydroxylation is 1. The predicted molar refractivity (Wildman–Crippen MR) is 104 cm³/mol. The fourth-order valence-corrected chi connectivity index (χ4v) is 4.55. The summed E-state index contributed by atoms with van der Waals surface area (Å²) in [7, 11) is 0. The zero-order chi connectivity index (χ0) is 19.4. The van der Waals surface area contributed by atoms with Gasteiger partial charge in [-0.05, 0) is 39.0 Å². The normalized spacial score (nSPS) is 24.3. The smallest absolute Gasteiger partial charge is 0.271 e. The van der Waals surface area contributed by atoms with Gasteiger partial charge in [0.25, 0.3) is 5.91 Å². The molecule has 0 aromatic carbocycles. The molecular formula is C20H33N5O2. The fraction of sp³-hybridized carbons (Fsp3) is 0.750. The summed E-state index contributed by atoms with van der Waals surface area (Å²) in [5, 5.41) is 3.17. The Bertz CT molecular complexity index is 653. The Morgan fingerprint density at radius 2 is 1.96 bits per heavy atom. The minimum Gasteiger partial charge on any atom is -0.346 e. The lowest BCUT2D eigenvalue weighted by atomic mass is 9.95. The molecule has 0 saturated carbocycles. The second kappa shape index (κ2) is 8.87. The second-order valence-corrected chi connectivity index (χ2v) is 7.76. The van der Waals surface area contributed by atoms with Crippen molar-refractivity contribution >= 4 is 11.8 Å². The van der Waals surface area contributed by atoms with Crippen LogP contribution in [0.3, 0.4) is 0 Å². The zero-order valence-corrected chi connectivity index (χ0v) is 16.9. The summed E-state index contributed by atoms with van der Waals surface area (Å²) < 4.78 is 1.90. The van der Waals surface area contributed by atoms with Gasteiger partial charge in [-0.15, -0.1) is 0 Å². The van der Waals surface area contributed by atoms with E-state index in [1.54, 1.807) is 12.5 Å². The number of hydrogen-bond donors (Lipinski definition) is 1. The van der Waals surface area contributed by atoms with E-state index in [-0.39, 0.29) is 23.9 Å². The number of aromatic nitrogens is 2. The van der Waals surface area contributed by atoms with Gasteiger partial charge < -0.3 is 14.8 Å². The van der Waals surface area contributed by atoms with Crippen LogP contribution in [0.1, 0.15) is 63.4 Å². The van der Waals surface area contributed by atoms with Gasteiger partial charge in [-0.1, -0.05) is 13.8 Å². The lowest BCUT2D eigenvalue weighted by molar-refractivity contribution is -0.132. The topological polar surface area (TPSA) is 70.5 Å². The van der Waals surface area contributed by atoms with E-state index in [0.717, 1.165) is 51.7 Å². The number of fused-ring (bicyclic) bond motifs is 2. The Balaban J connectivity index is 1.59. The molecule has 0 aliphatic carbocycles. The Hall–Kier alpha value is -1.89.